The third-order valence-electron chi connectivity index (χ3n) is 4.72. The van der Waals surface area contributed by atoms with Crippen LogP contribution >= 0.6 is 0 Å². The van der Waals surface area contributed by atoms with Gasteiger partial charge in [-0.1, -0.05) is 48.5 Å². The van der Waals surface area contributed by atoms with Gasteiger partial charge in [0.15, 0.2) is 5.78 Å². The molecule has 1 N–H and O–H groups in total. The SMILES string of the molecule is CC1(Cc2ccccc2C(=O)O)C(=O)CN(Cc2ccccc2)C1=O. The standard InChI is InChI=1S/C20H19NO4/c1-20(11-15-9-5-6-10-16(15)18(23)24)17(22)13-21(19(20)25)12-14-7-3-2-4-8-14/h2-10H,11-13H2,1H3,(H,23,24). The Morgan fingerprint density at radius 3 is 2.40 bits per heavy atom. The van der Waals surface area contributed by atoms with Crippen molar-refractivity contribution in [1.29, 1.82) is 0 Å². The summed E-state index contributed by atoms with van der Waals surface area (Å²) in [6.07, 6.45) is 0.0957. The van der Waals surface area contributed by atoms with Crippen molar-refractivity contribution in [2.75, 3.05) is 6.54 Å². The van der Waals surface area contributed by atoms with Crippen molar-refractivity contribution in [3.05, 3.63) is 71.3 Å². The van der Waals surface area contributed by atoms with Gasteiger partial charge in [-0.05, 0) is 30.5 Å². The number of carboxylic acids is 1. The van der Waals surface area contributed by atoms with Crippen molar-refractivity contribution in [1.82, 2.24) is 4.90 Å². The number of likely N-dealkylation sites (tertiary alicyclic amines) is 1. The molecule has 1 amide bonds. The van der Waals surface area contributed by atoms with Gasteiger partial charge in [0.25, 0.3) is 0 Å². The number of benzene rings is 2. The molecule has 0 aliphatic carbocycles. The molecule has 0 spiro atoms. The number of carbonyl (C=O) groups excluding carboxylic acids is 2. The molecule has 0 bridgehead atoms. The second-order valence-electron chi connectivity index (χ2n) is 6.54. The van der Waals surface area contributed by atoms with Crippen LogP contribution in [0.3, 0.4) is 0 Å². The van der Waals surface area contributed by atoms with Crippen molar-refractivity contribution in [3.8, 4) is 0 Å². The maximum absolute atomic E-state index is 12.9. The molecule has 128 valence electrons. The Morgan fingerprint density at radius 2 is 1.72 bits per heavy atom. The van der Waals surface area contributed by atoms with Crippen LogP contribution in [0.4, 0.5) is 0 Å². The lowest BCUT2D eigenvalue weighted by atomic mass is 9.80. The van der Waals surface area contributed by atoms with Crippen molar-refractivity contribution >= 4 is 17.7 Å². The molecule has 0 saturated carbocycles. The number of carbonyl (C=O) groups is 3. The third-order valence-corrected chi connectivity index (χ3v) is 4.72. The molecule has 5 heteroatoms. The van der Waals surface area contributed by atoms with Gasteiger partial charge in [-0.3, -0.25) is 9.59 Å². The van der Waals surface area contributed by atoms with Gasteiger partial charge in [-0.2, -0.15) is 0 Å². The first kappa shape index (κ1) is 16.9. The molecule has 0 radical (unpaired) electrons. The van der Waals surface area contributed by atoms with Crippen LogP contribution in [0.2, 0.25) is 0 Å². The molecule has 3 rings (SSSR count). The highest BCUT2D eigenvalue weighted by molar-refractivity contribution is 6.12. The van der Waals surface area contributed by atoms with Gasteiger partial charge in [-0.15, -0.1) is 0 Å². The Morgan fingerprint density at radius 1 is 1.08 bits per heavy atom. The average molecular weight is 337 g/mol. The highest BCUT2D eigenvalue weighted by atomic mass is 16.4. The summed E-state index contributed by atoms with van der Waals surface area (Å²) in [5.41, 5.74) is 0.366. The molecule has 5 nitrogen and oxygen atoms in total. The lowest BCUT2D eigenvalue weighted by Gasteiger charge is -2.23. The molecule has 1 saturated heterocycles. The van der Waals surface area contributed by atoms with E-state index in [2.05, 4.69) is 0 Å². The quantitative estimate of drug-likeness (QED) is 0.851. The number of aromatic carboxylic acids is 1. The summed E-state index contributed by atoms with van der Waals surface area (Å²) in [6, 6.07) is 16.0. The van der Waals surface area contributed by atoms with Gasteiger partial charge in [0.05, 0.1) is 12.1 Å². The summed E-state index contributed by atoms with van der Waals surface area (Å²) in [5, 5.41) is 9.32. The lowest BCUT2D eigenvalue weighted by Crippen LogP contribution is -2.36. The van der Waals surface area contributed by atoms with E-state index in [1.54, 1.807) is 30.0 Å². The summed E-state index contributed by atoms with van der Waals surface area (Å²) in [7, 11) is 0. The van der Waals surface area contributed by atoms with E-state index in [9.17, 15) is 19.5 Å². The number of carboxylic acid groups (broad SMARTS) is 1. The molecule has 1 unspecified atom stereocenters. The van der Waals surface area contributed by atoms with E-state index in [-0.39, 0.29) is 30.2 Å². The second kappa shape index (κ2) is 6.51. The van der Waals surface area contributed by atoms with E-state index in [0.29, 0.717) is 12.1 Å². The topological polar surface area (TPSA) is 74.7 Å². The van der Waals surface area contributed by atoms with E-state index in [1.807, 2.05) is 30.3 Å². The van der Waals surface area contributed by atoms with Crippen LogP contribution in [0, 0.1) is 5.41 Å². The lowest BCUT2D eigenvalue weighted by molar-refractivity contribution is -0.138. The highest BCUT2D eigenvalue weighted by Crippen LogP contribution is 2.34. The first-order chi connectivity index (χ1) is 11.9. The number of Topliss-reactive ketones (excluding diaryl/α,β-unsaturated/α-hetero) is 1. The Hall–Kier alpha value is -2.95. The van der Waals surface area contributed by atoms with Gasteiger partial charge in [-0.25, -0.2) is 4.79 Å². The molecule has 1 heterocycles. The fourth-order valence-corrected chi connectivity index (χ4v) is 3.26. The van der Waals surface area contributed by atoms with Crippen molar-refractivity contribution in [2.45, 2.75) is 19.9 Å². The number of amides is 1. The van der Waals surface area contributed by atoms with E-state index in [0.717, 1.165) is 5.56 Å². The first-order valence-corrected chi connectivity index (χ1v) is 8.09. The molecule has 1 aliphatic heterocycles. The number of ketones is 1. The van der Waals surface area contributed by atoms with Crippen LogP contribution in [0.1, 0.15) is 28.4 Å². The number of rotatable bonds is 5. The van der Waals surface area contributed by atoms with E-state index >= 15 is 0 Å². The maximum Gasteiger partial charge on any atom is 0.335 e. The Kier molecular flexibility index (Phi) is 4.40. The Labute approximate surface area is 145 Å². The molecule has 2 aromatic rings. The summed E-state index contributed by atoms with van der Waals surface area (Å²) < 4.78 is 0. The van der Waals surface area contributed by atoms with E-state index in [1.165, 1.54) is 6.07 Å². The zero-order valence-corrected chi connectivity index (χ0v) is 13.9. The average Bonchev–Trinajstić information content (AvgIpc) is 2.80. The number of hydrogen-bond acceptors (Lipinski definition) is 3. The van der Waals surface area contributed by atoms with Gasteiger partial charge in [0, 0.05) is 6.54 Å². The van der Waals surface area contributed by atoms with Crippen molar-refractivity contribution in [2.24, 2.45) is 5.41 Å². The monoisotopic (exact) mass is 337 g/mol. The van der Waals surface area contributed by atoms with Crippen LogP contribution in [0.15, 0.2) is 54.6 Å². The fourth-order valence-electron chi connectivity index (χ4n) is 3.26. The molecule has 2 aromatic carbocycles. The minimum absolute atomic E-state index is 0.0550. The van der Waals surface area contributed by atoms with Crippen LogP contribution in [0.5, 0.6) is 0 Å². The summed E-state index contributed by atoms with van der Waals surface area (Å²) in [6.45, 7) is 2.04. The molecule has 1 atom stereocenters. The fraction of sp³-hybridized carbons (Fsp3) is 0.250. The van der Waals surface area contributed by atoms with E-state index < -0.39 is 11.4 Å². The van der Waals surface area contributed by atoms with E-state index in [4.69, 9.17) is 0 Å². The molecule has 1 aliphatic rings. The molecular formula is C20H19NO4. The number of nitrogens with zero attached hydrogens (tertiary/aromatic N) is 1. The van der Waals surface area contributed by atoms with Crippen LogP contribution in [0.25, 0.3) is 0 Å². The maximum atomic E-state index is 12.9. The summed E-state index contributed by atoms with van der Waals surface area (Å²) >= 11 is 0. The molecule has 25 heavy (non-hydrogen) atoms. The minimum Gasteiger partial charge on any atom is -0.478 e. The van der Waals surface area contributed by atoms with Crippen LogP contribution < -0.4 is 0 Å². The van der Waals surface area contributed by atoms with Crippen molar-refractivity contribution in [3.63, 3.8) is 0 Å². The zero-order chi connectivity index (χ0) is 18.0. The number of hydrogen-bond donors (Lipinski definition) is 1. The smallest absolute Gasteiger partial charge is 0.335 e. The molecular weight excluding hydrogens is 318 g/mol. The van der Waals surface area contributed by atoms with Gasteiger partial charge in [0.2, 0.25) is 5.91 Å². The van der Waals surface area contributed by atoms with Crippen molar-refractivity contribution < 1.29 is 19.5 Å². The largest absolute Gasteiger partial charge is 0.478 e. The predicted octanol–water partition coefficient (Wildman–Crippen LogP) is 2.55. The third kappa shape index (κ3) is 3.18. The zero-order valence-electron chi connectivity index (χ0n) is 13.9. The normalized spacial score (nSPS) is 20.1. The predicted molar refractivity (Wildman–Crippen MR) is 92.1 cm³/mol. The Bertz CT molecular complexity index is 831. The highest BCUT2D eigenvalue weighted by Gasteiger charge is 2.50. The van der Waals surface area contributed by atoms with Gasteiger partial charge < -0.3 is 10.0 Å². The summed E-state index contributed by atoms with van der Waals surface area (Å²) in [4.78, 5) is 38.4. The minimum atomic E-state index is -1.22. The molecule has 0 aromatic heterocycles. The van der Waals surface area contributed by atoms with Crippen LogP contribution in [-0.4, -0.2) is 34.2 Å². The Balaban J connectivity index is 1.85. The summed E-state index contributed by atoms with van der Waals surface area (Å²) in [5.74, 6) is -1.48. The van der Waals surface area contributed by atoms with Gasteiger partial charge in [0.1, 0.15) is 5.41 Å². The second-order valence-corrected chi connectivity index (χ2v) is 6.54. The molecule has 1 fully saturated rings. The van der Waals surface area contributed by atoms with Crippen LogP contribution in [-0.2, 0) is 22.6 Å². The first-order valence-electron chi connectivity index (χ1n) is 8.09. The van der Waals surface area contributed by atoms with Gasteiger partial charge >= 0.3 is 5.97 Å².